The molecule has 1 unspecified atom stereocenters. The van der Waals surface area contributed by atoms with Gasteiger partial charge in [0.2, 0.25) is 5.84 Å². The van der Waals surface area contributed by atoms with Gasteiger partial charge in [-0.25, -0.2) is 9.98 Å². The number of pyridine rings is 1. The van der Waals surface area contributed by atoms with E-state index in [1.165, 1.54) is 23.2 Å². The van der Waals surface area contributed by atoms with Gasteiger partial charge in [-0.05, 0) is 44.1 Å². The van der Waals surface area contributed by atoms with Gasteiger partial charge in [0.25, 0.3) is 0 Å². The van der Waals surface area contributed by atoms with Crippen LogP contribution in [0.3, 0.4) is 0 Å². The van der Waals surface area contributed by atoms with E-state index in [1.807, 2.05) is 17.9 Å². The first-order chi connectivity index (χ1) is 15.6. The van der Waals surface area contributed by atoms with Crippen molar-refractivity contribution in [2.24, 2.45) is 16.5 Å². The normalized spacial score (nSPS) is 23.0. The van der Waals surface area contributed by atoms with Crippen LogP contribution in [0, 0.1) is 11.3 Å². The molecule has 0 spiro atoms. The smallest absolute Gasteiger partial charge is 0.416 e. The van der Waals surface area contributed by atoms with E-state index in [2.05, 4.69) is 9.98 Å². The molecule has 1 aromatic rings. The van der Waals surface area contributed by atoms with Gasteiger partial charge in [-0.3, -0.25) is 4.90 Å². The van der Waals surface area contributed by atoms with Crippen molar-refractivity contribution in [2.75, 3.05) is 29.5 Å². The van der Waals surface area contributed by atoms with Gasteiger partial charge >= 0.3 is 6.18 Å². The van der Waals surface area contributed by atoms with E-state index in [4.69, 9.17) is 16.2 Å². The van der Waals surface area contributed by atoms with Crippen molar-refractivity contribution in [3.63, 3.8) is 0 Å². The minimum atomic E-state index is -4.72. The number of aliphatic imine (C=N–C) groups is 1. The van der Waals surface area contributed by atoms with E-state index in [9.17, 15) is 18.4 Å². The van der Waals surface area contributed by atoms with Crippen LogP contribution in [0.2, 0.25) is 0 Å². The number of amidine groups is 1. The summed E-state index contributed by atoms with van der Waals surface area (Å²) in [5.41, 5.74) is 11.7. The second kappa shape index (κ2) is 8.44. The molecule has 0 radical (unpaired) electrons. The Bertz CT molecular complexity index is 1090. The number of hydrogen-bond donors (Lipinski definition) is 2. The molecule has 0 aromatic carbocycles. The molecule has 3 aliphatic heterocycles. The minimum absolute atomic E-state index is 0.000190. The molecule has 174 valence electrons. The lowest BCUT2D eigenvalue weighted by Gasteiger charge is -2.41. The number of alkyl halides is 3. The van der Waals surface area contributed by atoms with Gasteiger partial charge in [0, 0.05) is 36.7 Å². The molecule has 1 fully saturated rings. The Labute approximate surface area is 189 Å². The third-order valence-corrected chi connectivity index (χ3v) is 5.91. The second-order valence-electron chi connectivity index (χ2n) is 8.51. The quantitative estimate of drug-likeness (QED) is 0.714. The summed E-state index contributed by atoms with van der Waals surface area (Å²) in [6.45, 7) is 3.12. The summed E-state index contributed by atoms with van der Waals surface area (Å²) in [7, 11) is 0. The molecular formula is C22H24F3N7O. The summed E-state index contributed by atoms with van der Waals surface area (Å²) in [6, 6.07) is 3.90. The summed E-state index contributed by atoms with van der Waals surface area (Å²) in [5.74, 6) is -0.0360. The van der Waals surface area contributed by atoms with Crippen LogP contribution in [-0.2, 0) is 4.74 Å². The number of halogens is 3. The van der Waals surface area contributed by atoms with Crippen LogP contribution in [0.15, 0.2) is 58.7 Å². The Morgan fingerprint density at radius 3 is 2.61 bits per heavy atom. The molecule has 0 saturated carbocycles. The number of aromatic nitrogens is 1. The lowest BCUT2D eigenvalue weighted by Crippen LogP contribution is -2.51. The maximum atomic E-state index is 14.1. The highest BCUT2D eigenvalue weighted by atomic mass is 19.4. The summed E-state index contributed by atoms with van der Waals surface area (Å²) in [6.07, 6.45) is 1.72. The van der Waals surface area contributed by atoms with Crippen LogP contribution in [0.25, 0.3) is 0 Å². The second-order valence-corrected chi connectivity index (χ2v) is 8.51. The summed E-state index contributed by atoms with van der Waals surface area (Å²) >= 11 is 0. The van der Waals surface area contributed by atoms with Gasteiger partial charge in [0.05, 0.1) is 11.3 Å². The standard InChI is InChI=1S/C22H24F3N7O/c1-21(28)6-9-31(10-7-21)16-3-2-8-29-20(16)32-18(11-26)30-12-15(22(23,24)25)19(32)17-5-4-14(27)13-33-17/h2-5,8,12,19H,6-7,9-10,13,27-28H2,1H3. The van der Waals surface area contributed by atoms with Gasteiger partial charge in [-0.2, -0.15) is 18.4 Å². The molecular weight excluding hydrogens is 435 g/mol. The zero-order valence-corrected chi connectivity index (χ0v) is 18.0. The average molecular weight is 459 g/mol. The van der Waals surface area contributed by atoms with Crippen molar-refractivity contribution in [3.05, 3.63) is 53.7 Å². The molecule has 11 heteroatoms. The molecule has 0 amide bonds. The number of ether oxygens (including phenoxy) is 1. The van der Waals surface area contributed by atoms with Gasteiger partial charge in [0.1, 0.15) is 24.5 Å². The van der Waals surface area contributed by atoms with E-state index < -0.39 is 17.8 Å². The van der Waals surface area contributed by atoms with Crippen molar-refractivity contribution in [3.8, 4) is 6.07 Å². The maximum absolute atomic E-state index is 14.1. The van der Waals surface area contributed by atoms with Crippen molar-refractivity contribution in [1.82, 2.24) is 4.98 Å². The van der Waals surface area contributed by atoms with Crippen LogP contribution in [0.5, 0.6) is 0 Å². The largest absolute Gasteiger partial charge is 0.489 e. The van der Waals surface area contributed by atoms with Crippen LogP contribution >= 0.6 is 0 Å². The first-order valence-electron chi connectivity index (χ1n) is 10.4. The number of nitrogens with two attached hydrogens (primary N) is 2. The molecule has 8 nitrogen and oxygen atoms in total. The van der Waals surface area contributed by atoms with E-state index >= 15 is 0 Å². The fraction of sp³-hybridized carbons (Fsp3) is 0.409. The lowest BCUT2D eigenvalue weighted by atomic mass is 9.91. The highest BCUT2D eigenvalue weighted by molar-refractivity contribution is 6.11. The zero-order valence-electron chi connectivity index (χ0n) is 18.0. The predicted molar refractivity (Wildman–Crippen MR) is 118 cm³/mol. The zero-order chi connectivity index (χ0) is 23.8. The number of nitriles is 1. The van der Waals surface area contributed by atoms with Crippen LogP contribution in [0.1, 0.15) is 19.8 Å². The van der Waals surface area contributed by atoms with Crippen molar-refractivity contribution in [2.45, 2.75) is 37.5 Å². The highest BCUT2D eigenvalue weighted by Crippen LogP contribution is 2.41. The molecule has 4 rings (SSSR count). The molecule has 3 aliphatic rings. The van der Waals surface area contributed by atoms with Gasteiger partial charge < -0.3 is 21.1 Å². The molecule has 0 aliphatic carbocycles. The molecule has 1 saturated heterocycles. The minimum Gasteiger partial charge on any atom is -0.489 e. The van der Waals surface area contributed by atoms with Crippen LogP contribution < -0.4 is 21.3 Å². The maximum Gasteiger partial charge on any atom is 0.416 e. The third-order valence-electron chi connectivity index (χ3n) is 5.91. The summed E-state index contributed by atoms with van der Waals surface area (Å²) < 4.78 is 47.8. The summed E-state index contributed by atoms with van der Waals surface area (Å²) in [5, 5.41) is 9.76. The topological polar surface area (TPSA) is 117 Å². The predicted octanol–water partition coefficient (Wildman–Crippen LogP) is 2.71. The monoisotopic (exact) mass is 459 g/mol. The van der Waals surface area contributed by atoms with Gasteiger partial charge in [-0.1, -0.05) is 0 Å². The SMILES string of the molecule is CC1(N)CCN(c2cccnc2N2C(C#N)=NC=C(C(F)(F)F)C2C2=CC=C(N)CO2)CC1. The lowest BCUT2D eigenvalue weighted by molar-refractivity contribution is -0.0960. The molecule has 0 bridgehead atoms. The fourth-order valence-electron chi connectivity index (χ4n) is 4.04. The first-order valence-corrected chi connectivity index (χ1v) is 10.4. The Morgan fingerprint density at radius 1 is 1.27 bits per heavy atom. The average Bonchev–Trinajstić information content (AvgIpc) is 2.78. The highest BCUT2D eigenvalue weighted by Gasteiger charge is 2.48. The van der Waals surface area contributed by atoms with Gasteiger partial charge in [0.15, 0.2) is 5.82 Å². The Morgan fingerprint density at radius 2 is 2.00 bits per heavy atom. The number of anilines is 2. The number of piperidine rings is 1. The van der Waals surface area contributed by atoms with Crippen molar-refractivity contribution >= 4 is 17.3 Å². The van der Waals surface area contributed by atoms with Crippen LogP contribution in [-0.4, -0.2) is 48.3 Å². The first kappa shape index (κ1) is 22.7. The van der Waals surface area contributed by atoms with E-state index in [0.717, 1.165) is 0 Å². The number of hydrogen-bond acceptors (Lipinski definition) is 8. The van der Waals surface area contributed by atoms with Crippen molar-refractivity contribution in [1.29, 1.82) is 5.26 Å². The fourth-order valence-corrected chi connectivity index (χ4v) is 4.04. The van der Waals surface area contributed by atoms with Gasteiger partial charge in [-0.15, -0.1) is 0 Å². The molecule has 33 heavy (non-hydrogen) atoms. The van der Waals surface area contributed by atoms with E-state index in [-0.39, 0.29) is 29.6 Å². The molecule has 1 aromatic heterocycles. The molecule has 1 atom stereocenters. The van der Waals surface area contributed by atoms with Crippen molar-refractivity contribution < 1.29 is 17.9 Å². The number of rotatable bonds is 3. The number of allylic oxidation sites excluding steroid dienone is 2. The number of nitrogens with zero attached hydrogens (tertiary/aromatic N) is 5. The Kier molecular flexibility index (Phi) is 5.80. The molecule has 4 heterocycles. The molecule has 4 N–H and O–H groups in total. The van der Waals surface area contributed by atoms with Crippen LogP contribution in [0.4, 0.5) is 24.7 Å². The third kappa shape index (κ3) is 4.52. The van der Waals surface area contributed by atoms with E-state index in [0.29, 0.717) is 43.5 Å². The Hall–Kier alpha value is -3.52. The van der Waals surface area contributed by atoms with E-state index in [1.54, 1.807) is 12.1 Å². The Balaban J connectivity index is 1.84. The summed E-state index contributed by atoms with van der Waals surface area (Å²) in [4.78, 5) is 11.4.